The SMILES string of the molecule is C=CC[C@@H](C(=O)O)c1ccsc1. The summed E-state index contributed by atoms with van der Waals surface area (Å²) in [5.41, 5.74) is 0.868. The fraction of sp³-hybridized carbons (Fsp3) is 0.222. The Morgan fingerprint density at radius 2 is 2.58 bits per heavy atom. The van der Waals surface area contributed by atoms with Gasteiger partial charge in [0.2, 0.25) is 0 Å². The summed E-state index contributed by atoms with van der Waals surface area (Å²) in [6.45, 7) is 3.53. The van der Waals surface area contributed by atoms with E-state index in [1.165, 1.54) is 11.3 Å². The zero-order chi connectivity index (χ0) is 8.97. The molecule has 1 N–H and O–H groups in total. The highest BCUT2D eigenvalue weighted by atomic mass is 32.1. The fourth-order valence-electron chi connectivity index (χ4n) is 1.02. The Labute approximate surface area is 75.2 Å². The van der Waals surface area contributed by atoms with Crippen LogP contribution in [0.25, 0.3) is 0 Å². The Morgan fingerprint density at radius 3 is 3.00 bits per heavy atom. The average Bonchev–Trinajstić information content (AvgIpc) is 2.51. The number of carboxylic acids is 1. The molecule has 0 radical (unpaired) electrons. The van der Waals surface area contributed by atoms with E-state index in [0.29, 0.717) is 6.42 Å². The summed E-state index contributed by atoms with van der Waals surface area (Å²) in [6.07, 6.45) is 2.13. The van der Waals surface area contributed by atoms with Crippen LogP contribution in [0.2, 0.25) is 0 Å². The molecule has 1 aromatic heterocycles. The highest BCUT2D eigenvalue weighted by molar-refractivity contribution is 7.08. The summed E-state index contributed by atoms with van der Waals surface area (Å²) in [4.78, 5) is 10.7. The molecular weight excluding hydrogens is 172 g/mol. The van der Waals surface area contributed by atoms with Crippen molar-refractivity contribution in [3.05, 3.63) is 35.0 Å². The molecule has 2 nitrogen and oxygen atoms in total. The summed E-state index contributed by atoms with van der Waals surface area (Å²) in [7, 11) is 0. The van der Waals surface area contributed by atoms with E-state index in [2.05, 4.69) is 6.58 Å². The Balaban J connectivity index is 2.80. The van der Waals surface area contributed by atoms with Crippen molar-refractivity contribution in [3.63, 3.8) is 0 Å². The molecule has 0 saturated heterocycles. The van der Waals surface area contributed by atoms with Gasteiger partial charge in [-0.25, -0.2) is 0 Å². The van der Waals surface area contributed by atoms with Gasteiger partial charge in [-0.2, -0.15) is 11.3 Å². The predicted octanol–water partition coefficient (Wildman–Crippen LogP) is 2.49. The summed E-state index contributed by atoms with van der Waals surface area (Å²) in [5.74, 6) is -1.21. The average molecular weight is 182 g/mol. The topological polar surface area (TPSA) is 37.3 Å². The zero-order valence-electron chi connectivity index (χ0n) is 6.56. The molecule has 0 unspecified atom stereocenters. The fourth-order valence-corrected chi connectivity index (χ4v) is 1.73. The third-order valence-corrected chi connectivity index (χ3v) is 2.35. The molecule has 0 aliphatic heterocycles. The van der Waals surface area contributed by atoms with E-state index in [9.17, 15) is 4.79 Å². The van der Waals surface area contributed by atoms with Gasteiger partial charge in [0.25, 0.3) is 0 Å². The maximum atomic E-state index is 10.7. The molecule has 0 aromatic carbocycles. The van der Waals surface area contributed by atoms with E-state index in [1.54, 1.807) is 6.08 Å². The minimum atomic E-state index is -0.784. The number of allylic oxidation sites excluding steroid dienone is 1. The van der Waals surface area contributed by atoms with E-state index in [4.69, 9.17) is 5.11 Å². The minimum Gasteiger partial charge on any atom is -0.481 e. The van der Waals surface area contributed by atoms with Crippen LogP contribution in [0.3, 0.4) is 0 Å². The molecule has 1 atom stereocenters. The predicted molar refractivity (Wildman–Crippen MR) is 49.5 cm³/mol. The Kier molecular flexibility index (Phi) is 3.05. The molecule has 0 spiro atoms. The van der Waals surface area contributed by atoms with Crippen LogP contribution >= 0.6 is 11.3 Å². The van der Waals surface area contributed by atoms with Crippen LogP contribution in [0.5, 0.6) is 0 Å². The van der Waals surface area contributed by atoms with Gasteiger partial charge in [0.15, 0.2) is 0 Å². The van der Waals surface area contributed by atoms with Gasteiger partial charge in [-0.1, -0.05) is 6.08 Å². The normalized spacial score (nSPS) is 12.3. The van der Waals surface area contributed by atoms with Crippen LogP contribution in [-0.2, 0) is 4.79 Å². The first-order valence-electron chi connectivity index (χ1n) is 3.61. The van der Waals surface area contributed by atoms with Gasteiger partial charge in [-0.15, -0.1) is 6.58 Å². The monoisotopic (exact) mass is 182 g/mol. The summed E-state index contributed by atoms with van der Waals surface area (Å²) in [5, 5.41) is 12.6. The lowest BCUT2D eigenvalue weighted by Gasteiger charge is -2.06. The van der Waals surface area contributed by atoms with Gasteiger partial charge in [0, 0.05) is 0 Å². The first-order valence-corrected chi connectivity index (χ1v) is 4.55. The van der Waals surface area contributed by atoms with E-state index >= 15 is 0 Å². The minimum absolute atomic E-state index is 0.422. The molecule has 0 saturated carbocycles. The molecule has 12 heavy (non-hydrogen) atoms. The van der Waals surface area contributed by atoms with Crippen molar-refractivity contribution in [2.45, 2.75) is 12.3 Å². The molecule has 1 heterocycles. The van der Waals surface area contributed by atoms with Gasteiger partial charge in [0.1, 0.15) is 0 Å². The highest BCUT2D eigenvalue weighted by Crippen LogP contribution is 2.22. The lowest BCUT2D eigenvalue weighted by atomic mass is 9.99. The van der Waals surface area contributed by atoms with Crippen LogP contribution in [0.15, 0.2) is 29.5 Å². The van der Waals surface area contributed by atoms with Crippen molar-refractivity contribution in [3.8, 4) is 0 Å². The quantitative estimate of drug-likeness (QED) is 0.726. The molecule has 0 aliphatic rings. The van der Waals surface area contributed by atoms with Crippen molar-refractivity contribution < 1.29 is 9.90 Å². The molecule has 0 bridgehead atoms. The lowest BCUT2D eigenvalue weighted by Crippen LogP contribution is -2.09. The molecular formula is C9H10O2S. The second kappa shape index (κ2) is 4.07. The summed E-state index contributed by atoms with van der Waals surface area (Å²) < 4.78 is 0. The largest absolute Gasteiger partial charge is 0.481 e. The van der Waals surface area contributed by atoms with Gasteiger partial charge < -0.3 is 5.11 Å². The third-order valence-electron chi connectivity index (χ3n) is 1.65. The van der Waals surface area contributed by atoms with Gasteiger partial charge >= 0.3 is 5.97 Å². The van der Waals surface area contributed by atoms with Gasteiger partial charge in [-0.3, -0.25) is 4.79 Å². The number of aliphatic carboxylic acids is 1. The van der Waals surface area contributed by atoms with Crippen LogP contribution < -0.4 is 0 Å². The molecule has 0 amide bonds. The lowest BCUT2D eigenvalue weighted by molar-refractivity contribution is -0.138. The number of hydrogen-bond acceptors (Lipinski definition) is 2. The Bertz CT molecular complexity index is 264. The number of hydrogen-bond donors (Lipinski definition) is 1. The van der Waals surface area contributed by atoms with Crippen LogP contribution in [-0.4, -0.2) is 11.1 Å². The number of carbonyl (C=O) groups is 1. The van der Waals surface area contributed by atoms with E-state index in [0.717, 1.165) is 5.56 Å². The van der Waals surface area contributed by atoms with Crippen molar-refractivity contribution >= 4 is 17.3 Å². The van der Waals surface area contributed by atoms with E-state index < -0.39 is 11.9 Å². The number of thiophene rings is 1. The number of rotatable bonds is 4. The molecule has 0 aliphatic carbocycles. The summed E-state index contributed by atoms with van der Waals surface area (Å²) in [6, 6.07) is 1.84. The molecule has 1 aromatic rings. The first-order chi connectivity index (χ1) is 5.75. The molecule has 3 heteroatoms. The first kappa shape index (κ1) is 9.00. The molecule has 64 valence electrons. The van der Waals surface area contributed by atoms with Crippen molar-refractivity contribution in [2.24, 2.45) is 0 Å². The van der Waals surface area contributed by atoms with Crippen LogP contribution in [0.1, 0.15) is 17.9 Å². The smallest absolute Gasteiger partial charge is 0.311 e. The van der Waals surface area contributed by atoms with Gasteiger partial charge in [0.05, 0.1) is 5.92 Å². The van der Waals surface area contributed by atoms with Crippen LogP contribution in [0, 0.1) is 0 Å². The standard InChI is InChI=1S/C9H10O2S/c1-2-3-8(9(10)11)7-4-5-12-6-7/h2,4-6,8H,1,3H2,(H,10,11)/t8-/m1/s1. The molecule has 0 fully saturated rings. The second-order valence-corrected chi connectivity index (χ2v) is 3.25. The maximum Gasteiger partial charge on any atom is 0.311 e. The number of carboxylic acid groups (broad SMARTS) is 1. The third kappa shape index (κ3) is 1.95. The molecule has 1 rings (SSSR count). The highest BCUT2D eigenvalue weighted by Gasteiger charge is 2.17. The van der Waals surface area contributed by atoms with Crippen molar-refractivity contribution in [1.82, 2.24) is 0 Å². The Morgan fingerprint density at radius 1 is 1.83 bits per heavy atom. The Hall–Kier alpha value is -1.09. The maximum absolute atomic E-state index is 10.7. The van der Waals surface area contributed by atoms with E-state index in [-0.39, 0.29) is 0 Å². The summed E-state index contributed by atoms with van der Waals surface area (Å²) >= 11 is 1.51. The van der Waals surface area contributed by atoms with Gasteiger partial charge in [-0.05, 0) is 28.8 Å². The van der Waals surface area contributed by atoms with E-state index in [1.807, 2.05) is 16.8 Å². The van der Waals surface area contributed by atoms with Crippen molar-refractivity contribution in [1.29, 1.82) is 0 Å². The van der Waals surface area contributed by atoms with Crippen molar-refractivity contribution in [2.75, 3.05) is 0 Å². The van der Waals surface area contributed by atoms with Crippen LogP contribution in [0.4, 0.5) is 0 Å². The zero-order valence-corrected chi connectivity index (χ0v) is 7.38. The second-order valence-electron chi connectivity index (χ2n) is 2.47.